The number of nitro groups is 1. The fraction of sp³-hybridized carbons (Fsp3) is 0.143. The summed E-state index contributed by atoms with van der Waals surface area (Å²) < 4.78 is 24.7. The SMILES string of the molecule is N#Cc1c(C(F)F)cc(Br)nc1[N+](=O)[O-]. The van der Waals surface area contributed by atoms with Gasteiger partial charge in [-0.1, -0.05) is 0 Å². The molecule has 0 saturated heterocycles. The van der Waals surface area contributed by atoms with Crippen molar-refractivity contribution in [3.8, 4) is 6.07 Å². The Balaban J connectivity index is 3.54. The molecule has 1 rings (SSSR count). The normalized spacial score (nSPS) is 10.1. The zero-order valence-corrected chi connectivity index (χ0v) is 8.53. The van der Waals surface area contributed by atoms with Gasteiger partial charge in [0.15, 0.2) is 5.56 Å². The van der Waals surface area contributed by atoms with Crippen LogP contribution in [0.3, 0.4) is 0 Å². The molecular formula is C7H2BrF2N3O2. The Morgan fingerprint density at radius 3 is 2.67 bits per heavy atom. The molecule has 0 unspecified atom stereocenters. The lowest BCUT2D eigenvalue weighted by Crippen LogP contribution is -2.01. The fourth-order valence-corrected chi connectivity index (χ4v) is 1.35. The molecule has 0 aromatic carbocycles. The van der Waals surface area contributed by atoms with Crippen molar-refractivity contribution >= 4 is 21.7 Å². The Bertz CT molecular complexity index is 458. The summed E-state index contributed by atoms with van der Waals surface area (Å²) in [5, 5.41) is 19.0. The minimum atomic E-state index is -2.96. The van der Waals surface area contributed by atoms with Crippen LogP contribution >= 0.6 is 15.9 Å². The van der Waals surface area contributed by atoms with Crippen LogP contribution in [0.25, 0.3) is 0 Å². The van der Waals surface area contributed by atoms with E-state index >= 15 is 0 Å². The van der Waals surface area contributed by atoms with Gasteiger partial charge in [0.05, 0.1) is 0 Å². The van der Waals surface area contributed by atoms with Crippen LogP contribution in [0, 0.1) is 21.4 Å². The molecule has 1 aromatic heterocycles. The number of aromatic nitrogens is 1. The van der Waals surface area contributed by atoms with Crippen LogP contribution in [0.15, 0.2) is 10.7 Å². The second-order valence-corrected chi connectivity index (χ2v) is 3.21. The second kappa shape index (κ2) is 4.27. The summed E-state index contributed by atoms with van der Waals surface area (Å²) in [6.07, 6.45) is -2.96. The molecule has 0 aliphatic rings. The molecule has 0 atom stereocenters. The highest BCUT2D eigenvalue weighted by molar-refractivity contribution is 9.10. The third-order valence-electron chi connectivity index (χ3n) is 1.52. The molecule has 5 nitrogen and oxygen atoms in total. The maximum atomic E-state index is 12.4. The van der Waals surface area contributed by atoms with Crippen LogP contribution < -0.4 is 0 Å². The highest BCUT2D eigenvalue weighted by Gasteiger charge is 2.26. The number of pyridine rings is 1. The largest absolute Gasteiger partial charge is 0.383 e. The van der Waals surface area contributed by atoms with Gasteiger partial charge in [0, 0.05) is 27.6 Å². The lowest BCUT2D eigenvalue weighted by Gasteiger charge is -2.02. The minimum Gasteiger partial charge on any atom is -0.358 e. The topological polar surface area (TPSA) is 79.8 Å². The molecule has 8 heteroatoms. The third-order valence-corrected chi connectivity index (χ3v) is 1.93. The molecule has 15 heavy (non-hydrogen) atoms. The van der Waals surface area contributed by atoms with Crippen molar-refractivity contribution < 1.29 is 13.7 Å². The first-order chi connectivity index (χ1) is 6.97. The van der Waals surface area contributed by atoms with Crippen molar-refractivity contribution in [2.24, 2.45) is 0 Å². The molecule has 78 valence electrons. The van der Waals surface area contributed by atoms with Crippen LogP contribution in [0.1, 0.15) is 17.6 Å². The number of hydrogen-bond acceptors (Lipinski definition) is 4. The number of nitrogens with zero attached hydrogens (tertiary/aromatic N) is 3. The Hall–Kier alpha value is -1.62. The van der Waals surface area contributed by atoms with Crippen molar-refractivity contribution in [2.45, 2.75) is 6.43 Å². The quantitative estimate of drug-likeness (QED) is 0.473. The predicted octanol–water partition coefficient (Wildman–Crippen LogP) is 2.56. The maximum absolute atomic E-state index is 12.4. The van der Waals surface area contributed by atoms with Gasteiger partial charge in [0.1, 0.15) is 6.07 Å². The van der Waals surface area contributed by atoms with Crippen LogP contribution in [0.5, 0.6) is 0 Å². The van der Waals surface area contributed by atoms with E-state index < -0.39 is 28.3 Å². The monoisotopic (exact) mass is 277 g/mol. The third kappa shape index (κ3) is 2.24. The van der Waals surface area contributed by atoms with Gasteiger partial charge in [0.25, 0.3) is 6.43 Å². The first kappa shape index (κ1) is 11.5. The van der Waals surface area contributed by atoms with Crippen LogP contribution in [-0.4, -0.2) is 9.91 Å². The number of alkyl halides is 2. The summed E-state index contributed by atoms with van der Waals surface area (Å²) in [5.74, 6) is -0.873. The Kier molecular flexibility index (Phi) is 3.26. The number of halogens is 3. The number of nitriles is 1. The highest BCUT2D eigenvalue weighted by atomic mass is 79.9. The summed E-state index contributed by atoms with van der Waals surface area (Å²) in [5.41, 5.74) is -1.41. The van der Waals surface area contributed by atoms with E-state index in [0.717, 1.165) is 6.07 Å². The van der Waals surface area contributed by atoms with E-state index in [1.807, 2.05) is 0 Å². The summed E-state index contributed by atoms with van der Waals surface area (Å²) in [6.45, 7) is 0. The molecule has 0 N–H and O–H groups in total. The standard InChI is InChI=1S/C7H2BrF2N3O2/c8-5-1-3(6(9)10)4(2-11)7(12-5)13(14)15/h1,6H. The molecule has 1 heterocycles. The highest BCUT2D eigenvalue weighted by Crippen LogP contribution is 2.30. The van der Waals surface area contributed by atoms with Gasteiger partial charge in [0.2, 0.25) is 4.60 Å². The number of hydrogen-bond donors (Lipinski definition) is 0. The van der Waals surface area contributed by atoms with Crippen molar-refractivity contribution in [3.05, 3.63) is 31.9 Å². The van der Waals surface area contributed by atoms with Gasteiger partial charge in [-0.15, -0.1) is 0 Å². The van der Waals surface area contributed by atoms with E-state index in [1.165, 1.54) is 6.07 Å². The van der Waals surface area contributed by atoms with E-state index in [9.17, 15) is 18.9 Å². The average molecular weight is 278 g/mol. The lowest BCUT2D eigenvalue weighted by atomic mass is 10.1. The molecule has 0 radical (unpaired) electrons. The fourth-order valence-electron chi connectivity index (χ4n) is 0.938. The van der Waals surface area contributed by atoms with Crippen LogP contribution in [0.2, 0.25) is 0 Å². The maximum Gasteiger partial charge on any atom is 0.383 e. The zero-order valence-electron chi connectivity index (χ0n) is 6.95. The minimum absolute atomic E-state index is 0.108. The van der Waals surface area contributed by atoms with Gasteiger partial charge in [-0.25, -0.2) is 8.78 Å². The molecule has 0 aliphatic carbocycles. The molecule has 1 aromatic rings. The second-order valence-electron chi connectivity index (χ2n) is 2.40. The Morgan fingerprint density at radius 2 is 2.27 bits per heavy atom. The van der Waals surface area contributed by atoms with Gasteiger partial charge >= 0.3 is 5.82 Å². The molecular weight excluding hydrogens is 276 g/mol. The van der Waals surface area contributed by atoms with Gasteiger partial charge in [-0.3, -0.25) is 0 Å². The van der Waals surface area contributed by atoms with Gasteiger partial charge in [-0.05, 0) is 9.91 Å². The summed E-state index contributed by atoms with van der Waals surface area (Å²) in [4.78, 5) is 12.8. The van der Waals surface area contributed by atoms with Crippen molar-refractivity contribution in [1.29, 1.82) is 5.26 Å². The van der Waals surface area contributed by atoms with E-state index in [-0.39, 0.29) is 4.60 Å². The van der Waals surface area contributed by atoms with E-state index in [4.69, 9.17) is 5.26 Å². The molecule has 0 spiro atoms. The molecule has 0 bridgehead atoms. The molecule has 0 fully saturated rings. The van der Waals surface area contributed by atoms with Crippen molar-refractivity contribution in [3.63, 3.8) is 0 Å². The first-order valence-electron chi connectivity index (χ1n) is 3.50. The first-order valence-corrected chi connectivity index (χ1v) is 4.29. The van der Waals surface area contributed by atoms with Gasteiger partial charge in [-0.2, -0.15) is 5.26 Å². The van der Waals surface area contributed by atoms with Crippen LogP contribution in [0.4, 0.5) is 14.6 Å². The Morgan fingerprint density at radius 1 is 1.67 bits per heavy atom. The Labute approximate surface area is 90.6 Å². The lowest BCUT2D eigenvalue weighted by molar-refractivity contribution is -0.390. The van der Waals surface area contributed by atoms with E-state index in [1.54, 1.807) is 0 Å². The number of rotatable bonds is 2. The summed E-state index contributed by atoms with van der Waals surface area (Å²) in [7, 11) is 0. The van der Waals surface area contributed by atoms with E-state index in [2.05, 4.69) is 20.9 Å². The van der Waals surface area contributed by atoms with Crippen LogP contribution in [-0.2, 0) is 0 Å². The average Bonchev–Trinajstić information content (AvgIpc) is 2.16. The van der Waals surface area contributed by atoms with Crippen molar-refractivity contribution in [2.75, 3.05) is 0 Å². The molecule has 0 amide bonds. The van der Waals surface area contributed by atoms with Gasteiger partial charge < -0.3 is 10.1 Å². The zero-order chi connectivity index (χ0) is 11.6. The predicted molar refractivity (Wildman–Crippen MR) is 48.3 cm³/mol. The molecule has 0 aliphatic heterocycles. The molecule has 0 saturated carbocycles. The summed E-state index contributed by atoms with van der Waals surface area (Å²) in [6, 6.07) is 2.23. The summed E-state index contributed by atoms with van der Waals surface area (Å²) >= 11 is 2.75. The van der Waals surface area contributed by atoms with Crippen molar-refractivity contribution in [1.82, 2.24) is 4.98 Å². The van der Waals surface area contributed by atoms with E-state index in [0.29, 0.717) is 0 Å². The smallest absolute Gasteiger partial charge is 0.358 e.